The monoisotopic (exact) mass is 344 g/mol. The zero-order chi connectivity index (χ0) is 18.2. The van der Waals surface area contributed by atoms with E-state index in [0.29, 0.717) is 6.42 Å². The van der Waals surface area contributed by atoms with Gasteiger partial charge in [-0.15, -0.1) is 0 Å². The average molecular weight is 344 g/mol. The van der Waals surface area contributed by atoms with E-state index in [0.717, 1.165) is 44.9 Å². The fourth-order valence-electron chi connectivity index (χ4n) is 2.42. The smallest absolute Gasteiger partial charge is 0.303 e. The van der Waals surface area contributed by atoms with Gasteiger partial charge in [0.1, 0.15) is 12.9 Å². The number of rotatable bonds is 15. The minimum Gasteiger partial charge on any atom is -0.456 e. The van der Waals surface area contributed by atoms with Crippen molar-refractivity contribution in [1.29, 1.82) is 0 Å². The van der Waals surface area contributed by atoms with Crippen LogP contribution in [-0.4, -0.2) is 43.3 Å². The number of hydrogen-bond donors (Lipinski definition) is 1. The molecule has 0 fully saturated rings. The fraction of sp³-hybridized carbons (Fsp3) is 0.842. The summed E-state index contributed by atoms with van der Waals surface area (Å²) >= 11 is 0. The SMILES string of the molecule is CCCCC[C@@H](/C=C/[C@@H](OC(C)=O)[C@@H](O)CCCCC)OCOC. The Kier molecular flexibility index (Phi) is 15.0. The Bertz CT molecular complexity index is 330. The van der Waals surface area contributed by atoms with Crippen molar-refractivity contribution in [3.8, 4) is 0 Å². The van der Waals surface area contributed by atoms with Crippen molar-refractivity contribution >= 4 is 5.97 Å². The normalized spacial score (nSPS) is 15.4. The first-order valence-electron chi connectivity index (χ1n) is 9.19. The molecule has 0 amide bonds. The topological polar surface area (TPSA) is 65.0 Å². The van der Waals surface area contributed by atoms with Gasteiger partial charge < -0.3 is 19.3 Å². The Morgan fingerprint density at radius 2 is 1.67 bits per heavy atom. The van der Waals surface area contributed by atoms with Crippen LogP contribution in [0.4, 0.5) is 0 Å². The second kappa shape index (κ2) is 15.6. The van der Waals surface area contributed by atoms with E-state index in [-0.39, 0.29) is 18.9 Å². The highest BCUT2D eigenvalue weighted by Gasteiger charge is 2.19. The molecule has 142 valence electrons. The third-order valence-corrected chi connectivity index (χ3v) is 3.79. The van der Waals surface area contributed by atoms with Gasteiger partial charge in [-0.25, -0.2) is 0 Å². The number of carbonyl (C=O) groups excluding carboxylic acids is 1. The van der Waals surface area contributed by atoms with E-state index in [1.807, 2.05) is 6.08 Å². The van der Waals surface area contributed by atoms with Gasteiger partial charge in [-0.1, -0.05) is 58.4 Å². The molecule has 0 bridgehead atoms. The van der Waals surface area contributed by atoms with Crippen molar-refractivity contribution in [2.24, 2.45) is 0 Å². The zero-order valence-electron chi connectivity index (χ0n) is 15.8. The molecule has 24 heavy (non-hydrogen) atoms. The summed E-state index contributed by atoms with van der Waals surface area (Å²) in [5.41, 5.74) is 0. The summed E-state index contributed by atoms with van der Waals surface area (Å²) in [6, 6.07) is 0. The van der Waals surface area contributed by atoms with Crippen molar-refractivity contribution in [2.45, 2.75) is 90.4 Å². The van der Waals surface area contributed by atoms with Gasteiger partial charge in [-0.2, -0.15) is 0 Å². The molecule has 3 atom stereocenters. The Balaban J connectivity index is 4.69. The van der Waals surface area contributed by atoms with E-state index < -0.39 is 12.2 Å². The van der Waals surface area contributed by atoms with Gasteiger partial charge in [-0.05, 0) is 18.9 Å². The van der Waals surface area contributed by atoms with E-state index in [1.54, 1.807) is 13.2 Å². The lowest BCUT2D eigenvalue weighted by Gasteiger charge is -2.21. The number of ether oxygens (including phenoxy) is 3. The van der Waals surface area contributed by atoms with E-state index >= 15 is 0 Å². The third-order valence-electron chi connectivity index (χ3n) is 3.79. The van der Waals surface area contributed by atoms with Gasteiger partial charge in [-0.3, -0.25) is 4.79 Å². The van der Waals surface area contributed by atoms with Crippen LogP contribution in [-0.2, 0) is 19.0 Å². The van der Waals surface area contributed by atoms with Crippen LogP contribution in [0.1, 0.15) is 72.1 Å². The molecule has 0 aromatic carbocycles. The molecule has 5 nitrogen and oxygen atoms in total. The molecule has 5 heteroatoms. The highest BCUT2D eigenvalue weighted by Crippen LogP contribution is 2.14. The Hall–Kier alpha value is -0.910. The quantitative estimate of drug-likeness (QED) is 0.211. The number of aliphatic hydroxyl groups excluding tert-OH is 1. The number of unbranched alkanes of at least 4 members (excludes halogenated alkanes) is 4. The lowest BCUT2D eigenvalue weighted by atomic mass is 10.0. The fourth-order valence-corrected chi connectivity index (χ4v) is 2.42. The van der Waals surface area contributed by atoms with Crippen molar-refractivity contribution in [1.82, 2.24) is 0 Å². The van der Waals surface area contributed by atoms with Crippen LogP contribution in [0.3, 0.4) is 0 Å². The lowest BCUT2D eigenvalue weighted by Crippen LogP contribution is -2.29. The number of aliphatic hydroxyl groups is 1. The Morgan fingerprint density at radius 3 is 2.21 bits per heavy atom. The van der Waals surface area contributed by atoms with Crippen LogP contribution in [0, 0.1) is 0 Å². The van der Waals surface area contributed by atoms with Crippen LogP contribution >= 0.6 is 0 Å². The zero-order valence-corrected chi connectivity index (χ0v) is 15.8. The summed E-state index contributed by atoms with van der Waals surface area (Å²) in [4.78, 5) is 11.3. The Morgan fingerprint density at radius 1 is 1.04 bits per heavy atom. The molecule has 1 N–H and O–H groups in total. The van der Waals surface area contributed by atoms with E-state index in [9.17, 15) is 9.90 Å². The molecular weight excluding hydrogens is 308 g/mol. The molecule has 0 aliphatic heterocycles. The van der Waals surface area contributed by atoms with Crippen molar-refractivity contribution < 1.29 is 24.1 Å². The van der Waals surface area contributed by atoms with Crippen LogP contribution in [0.5, 0.6) is 0 Å². The molecule has 0 saturated carbocycles. The first kappa shape index (κ1) is 23.1. The van der Waals surface area contributed by atoms with Gasteiger partial charge in [0.2, 0.25) is 0 Å². The molecule has 0 heterocycles. The summed E-state index contributed by atoms with van der Waals surface area (Å²) in [6.45, 7) is 5.85. The largest absolute Gasteiger partial charge is 0.456 e. The predicted molar refractivity (Wildman–Crippen MR) is 95.7 cm³/mol. The van der Waals surface area contributed by atoms with Crippen molar-refractivity contribution in [3.05, 3.63) is 12.2 Å². The molecule has 0 unspecified atom stereocenters. The molecule has 0 radical (unpaired) electrons. The molecule has 0 aromatic rings. The van der Waals surface area contributed by atoms with Gasteiger partial charge in [0, 0.05) is 14.0 Å². The van der Waals surface area contributed by atoms with Gasteiger partial charge in [0.15, 0.2) is 0 Å². The molecular formula is C19H36O5. The van der Waals surface area contributed by atoms with E-state index in [1.165, 1.54) is 6.92 Å². The molecule has 0 saturated heterocycles. The summed E-state index contributed by atoms with van der Waals surface area (Å²) in [6.07, 6.45) is 10.1. The molecule has 0 aliphatic carbocycles. The van der Waals surface area contributed by atoms with E-state index in [4.69, 9.17) is 14.2 Å². The first-order valence-corrected chi connectivity index (χ1v) is 9.19. The molecule has 0 aliphatic rings. The molecule has 0 spiro atoms. The summed E-state index contributed by atoms with van der Waals surface area (Å²) in [5.74, 6) is -0.389. The minimum atomic E-state index is -0.685. The second-order valence-corrected chi connectivity index (χ2v) is 6.13. The third kappa shape index (κ3) is 12.5. The number of methoxy groups -OCH3 is 1. The van der Waals surface area contributed by atoms with Gasteiger partial charge in [0.25, 0.3) is 0 Å². The lowest BCUT2D eigenvalue weighted by molar-refractivity contribution is -0.149. The van der Waals surface area contributed by atoms with Crippen LogP contribution in [0.25, 0.3) is 0 Å². The molecule has 0 rings (SSSR count). The predicted octanol–water partition coefficient (Wildman–Crippen LogP) is 3.98. The first-order chi connectivity index (χ1) is 11.5. The van der Waals surface area contributed by atoms with Crippen LogP contribution in [0.15, 0.2) is 12.2 Å². The maximum atomic E-state index is 11.3. The molecule has 0 aromatic heterocycles. The minimum absolute atomic E-state index is 0.0996. The number of carbonyl (C=O) groups is 1. The maximum Gasteiger partial charge on any atom is 0.303 e. The van der Waals surface area contributed by atoms with Crippen LogP contribution < -0.4 is 0 Å². The highest BCUT2D eigenvalue weighted by atomic mass is 16.7. The van der Waals surface area contributed by atoms with Crippen molar-refractivity contribution in [2.75, 3.05) is 13.9 Å². The summed E-state index contributed by atoms with van der Waals surface area (Å²) < 4.78 is 15.9. The average Bonchev–Trinajstić information content (AvgIpc) is 2.55. The number of esters is 1. The van der Waals surface area contributed by atoms with E-state index in [2.05, 4.69) is 13.8 Å². The van der Waals surface area contributed by atoms with Crippen LogP contribution in [0.2, 0.25) is 0 Å². The summed E-state index contributed by atoms with van der Waals surface area (Å²) in [5, 5.41) is 10.3. The second-order valence-electron chi connectivity index (χ2n) is 6.13. The van der Waals surface area contributed by atoms with Gasteiger partial charge >= 0.3 is 5.97 Å². The standard InChI is InChI=1S/C19H36O5/c1-5-7-9-11-17(23-15-22-4)13-14-19(24-16(3)20)18(21)12-10-8-6-2/h13-14,17-19,21H,5-12,15H2,1-4H3/b14-13+/t17-,18-,19+/m0/s1. The highest BCUT2D eigenvalue weighted by molar-refractivity contribution is 5.66. The van der Waals surface area contributed by atoms with Gasteiger partial charge in [0.05, 0.1) is 12.2 Å². The van der Waals surface area contributed by atoms with Crippen molar-refractivity contribution in [3.63, 3.8) is 0 Å². The Labute approximate surface area is 147 Å². The summed E-state index contributed by atoms with van der Waals surface area (Å²) in [7, 11) is 1.59. The maximum absolute atomic E-state index is 11.3. The number of hydrogen-bond acceptors (Lipinski definition) is 5.